The number of imide groups is 1. The number of nitrogens with two attached hydrogens (primary N) is 1. The number of sulfonamides is 1. The highest BCUT2D eigenvalue weighted by molar-refractivity contribution is 7.88. The third-order valence-electron chi connectivity index (χ3n) is 7.87. The Morgan fingerprint density at radius 1 is 0.929 bits per heavy atom. The van der Waals surface area contributed by atoms with Crippen LogP contribution < -0.4 is 10.5 Å². The largest absolute Gasteiger partial charge is 0.341 e. The number of halogens is 1. The van der Waals surface area contributed by atoms with E-state index in [2.05, 4.69) is 4.72 Å². The van der Waals surface area contributed by atoms with Crippen LogP contribution in [0.25, 0.3) is 0 Å². The van der Waals surface area contributed by atoms with Crippen LogP contribution in [0.4, 0.5) is 0 Å². The van der Waals surface area contributed by atoms with E-state index in [0.29, 0.717) is 54.1 Å². The molecule has 0 unspecified atom stereocenters. The Labute approximate surface area is 250 Å². The lowest BCUT2D eigenvalue weighted by Gasteiger charge is -2.34. The zero-order valence-corrected chi connectivity index (χ0v) is 24.6. The maximum absolute atomic E-state index is 13.0. The smallest absolute Gasteiger partial charge is 0.261 e. The number of rotatable bonds is 10. The molecule has 0 radical (unpaired) electrons. The predicted octanol–water partition coefficient (Wildman–Crippen LogP) is 3.33. The molecule has 220 valence electrons. The molecule has 2 aliphatic rings. The minimum atomic E-state index is -3.75. The van der Waals surface area contributed by atoms with Gasteiger partial charge in [0, 0.05) is 31.2 Å². The standard InChI is InChI=1S/C31H33ClN4O5S/c32-24-11-9-21(10-12-24)19-28(33)31(39)35-16-13-22(14-17-35)25-6-2-1-5-23(25)20-42(40,41)34-15-18-36-29(37)26-7-3-4-8-27(26)30(36)38/h1-12,22,28,34H,13-20,33H2/t28-/m1/s1. The number of benzene rings is 3. The number of hydrogen-bond donors (Lipinski definition) is 2. The number of amides is 3. The quantitative estimate of drug-likeness (QED) is 0.340. The second kappa shape index (κ2) is 12.7. The van der Waals surface area contributed by atoms with Crippen LogP contribution in [0.3, 0.4) is 0 Å². The summed E-state index contributed by atoms with van der Waals surface area (Å²) in [5.74, 6) is -1.06. The lowest BCUT2D eigenvalue weighted by Crippen LogP contribution is -2.47. The first kappa shape index (κ1) is 29.9. The van der Waals surface area contributed by atoms with E-state index in [1.807, 2.05) is 30.3 Å². The molecule has 11 heteroatoms. The summed E-state index contributed by atoms with van der Waals surface area (Å²) in [5.41, 5.74) is 9.48. The number of likely N-dealkylation sites (tertiary alicyclic amines) is 1. The monoisotopic (exact) mass is 608 g/mol. The van der Waals surface area contributed by atoms with Crippen LogP contribution in [0, 0.1) is 0 Å². The Morgan fingerprint density at radius 3 is 2.17 bits per heavy atom. The molecule has 0 bridgehead atoms. The van der Waals surface area contributed by atoms with E-state index in [1.54, 1.807) is 47.4 Å². The van der Waals surface area contributed by atoms with Crippen LogP contribution in [0.5, 0.6) is 0 Å². The zero-order chi connectivity index (χ0) is 29.9. The molecule has 9 nitrogen and oxygen atoms in total. The molecule has 0 aliphatic carbocycles. The fourth-order valence-corrected chi connectivity index (χ4v) is 6.98. The molecule has 0 aromatic heterocycles. The van der Waals surface area contributed by atoms with Gasteiger partial charge in [-0.1, -0.05) is 60.1 Å². The van der Waals surface area contributed by atoms with Crippen LogP contribution in [0.2, 0.25) is 5.02 Å². The first-order chi connectivity index (χ1) is 20.1. The van der Waals surface area contributed by atoms with Crippen molar-refractivity contribution in [3.63, 3.8) is 0 Å². The molecule has 42 heavy (non-hydrogen) atoms. The van der Waals surface area contributed by atoms with Crippen molar-refractivity contribution in [1.82, 2.24) is 14.5 Å². The molecule has 2 heterocycles. The topological polar surface area (TPSA) is 130 Å². The third kappa shape index (κ3) is 6.73. The summed E-state index contributed by atoms with van der Waals surface area (Å²) in [6.07, 6.45) is 1.82. The summed E-state index contributed by atoms with van der Waals surface area (Å²) in [6, 6.07) is 20.6. The number of piperidine rings is 1. The first-order valence-electron chi connectivity index (χ1n) is 13.9. The van der Waals surface area contributed by atoms with Gasteiger partial charge in [-0.05, 0) is 66.1 Å². The lowest BCUT2D eigenvalue weighted by atomic mass is 9.86. The summed E-state index contributed by atoms with van der Waals surface area (Å²) in [6.45, 7) is 0.946. The van der Waals surface area contributed by atoms with Gasteiger partial charge in [0.1, 0.15) is 0 Å². The summed E-state index contributed by atoms with van der Waals surface area (Å²) in [7, 11) is -3.75. The van der Waals surface area contributed by atoms with E-state index in [4.69, 9.17) is 17.3 Å². The number of carbonyl (C=O) groups is 3. The molecule has 1 atom stereocenters. The fourth-order valence-electron chi connectivity index (χ4n) is 5.68. The SMILES string of the molecule is N[C@H](Cc1ccc(Cl)cc1)C(=O)N1CCC(c2ccccc2CS(=O)(=O)NCCN2C(=O)c3ccccc3C2=O)CC1. The molecule has 3 aromatic rings. The highest BCUT2D eigenvalue weighted by Crippen LogP contribution is 2.31. The van der Waals surface area contributed by atoms with Gasteiger partial charge in [0.15, 0.2) is 0 Å². The Bertz CT molecular complexity index is 1550. The predicted molar refractivity (Wildman–Crippen MR) is 161 cm³/mol. The van der Waals surface area contributed by atoms with E-state index in [-0.39, 0.29) is 30.7 Å². The van der Waals surface area contributed by atoms with E-state index in [0.717, 1.165) is 16.0 Å². The Kier molecular flexibility index (Phi) is 9.08. The minimum Gasteiger partial charge on any atom is -0.341 e. The average molecular weight is 609 g/mol. The molecule has 3 aromatic carbocycles. The van der Waals surface area contributed by atoms with Gasteiger partial charge in [-0.25, -0.2) is 13.1 Å². The molecule has 2 aliphatic heterocycles. The van der Waals surface area contributed by atoms with Crippen LogP contribution >= 0.6 is 11.6 Å². The van der Waals surface area contributed by atoms with Gasteiger partial charge in [-0.15, -0.1) is 0 Å². The van der Waals surface area contributed by atoms with Gasteiger partial charge >= 0.3 is 0 Å². The fraction of sp³-hybridized carbons (Fsp3) is 0.323. The second-order valence-corrected chi connectivity index (χ2v) is 12.9. The summed E-state index contributed by atoms with van der Waals surface area (Å²) >= 11 is 5.95. The second-order valence-electron chi connectivity index (χ2n) is 10.7. The van der Waals surface area contributed by atoms with Crippen molar-refractivity contribution in [2.75, 3.05) is 26.2 Å². The zero-order valence-electron chi connectivity index (χ0n) is 23.0. The lowest BCUT2D eigenvalue weighted by molar-refractivity contribution is -0.133. The molecular weight excluding hydrogens is 576 g/mol. The van der Waals surface area contributed by atoms with Crippen molar-refractivity contribution in [1.29, 1.82) is 0 Å². The van der Waals surface area contributed by atoms with Gasteiger partial charge in [0.2, 0.25) is 15.9 Å². The highest BCUT2D eigenvalue weighted by Gasteiger charge is 2.35. The van der Waals surface area contributed by atoms with E-state index in [1.165, 1.54) is 0 Å². The van der Waals surface area contributed by atoms with Crippen molar-refractivity contribution < 1.29 is 22.8 Å². The number of hydrogen-bond acceptors (Lipinski definition) is 6. The summed E-state index contributed by atoms with van der Waals surface area (Å²) < 4.78 is 28.5. The van der Waals surface area contributed by atoms with Crippen molar-refractivity contribution in [3.8, 4) is 0 Å². The van der Waals surface area contributed by atoms with E-state index in [9.17, 15) is 22.8 Å². The van der Waals surface area contributed by atoms with Gasteiger partial charge < -0.3 is 10.6 Å². The molecular formula is C31H33ClN4O5S. The highest BCUT2D eigenvalue weighted by atomic mass is 35.5. The molecule has 3 N–H and O–H groups in total. The molecule has 3 amide bonds. The first-order valence-corrected chi connectivity index (χ1v) is 15.9. The number of nitrogens with one attached hydrogen (secondary N) is 1. The van der Waals surface area contributed by atoms with Crippen molar-refractivity contribution in [2.45, 2.75) is 37.0 Å². The Balaban J connectivity index is 1.14. The third-order valence-corrected chi connectivity index (χ3v) is 9.46. The van der Waals surface area contributed by atoms with Gasteiger partial charge in [-0.2, -0.15) is 0 Å². The van der Waals surface area contributed by atoms with E-state index >= 15 is 0 Å². The van der Waals surface area contributed by atoms with Crippen LogP contribution in [0.15, 0.2) is 72.8 Å². The Morgan fingerprint density at radius 2 is 1.52 bits per heavy atom. The van der Waals surface area contributed by atoms with Gasteiger partial charge in [0.25, 0.3) is 11.8 Å². The maximum Gasteiger partial charge on any atom is 0.261 e. The van der Waals surface area contributed by atoms with Crippen LogP contribution in [-0.4, -0.2) is 68.2 Å². The molecule has 1 saturated heterocycles. The van der Waals surface area contributed by atoms with Crippen molar-refractivity contribution in [3.05, 3.63) is 106 Å². The van der Waals surface area contributed by atoms with Crippen molar-refractivity contribution >= 4 is 39.3 Å². The minimum absolute atomic E-state index is 0.0557. The molecule has 0 spiro atoms. The average Bonchev–Trinajstić information content (AvgIpc) is 3.23. The molecule has 0 saturated carbocycles. The van der Waals surface area contributed by atoms with E-state index < -0.39 is 27.9 Å². The maximum atomic E-state index is 13.0. The molecule has 1 fully saturated rings. The van der Waals surface area contributed by atoms with Crippen molar-refractivity contribution in [2.24, 2.45) is 5.73 Å². The van der Waals surface area contributed by atoms with Crippen LogP contribution in [-0.2, 0) is 27.0 Å². The summed E-state index contributed by atoms with van der Waals surface area (Å²) in [4.78, 5) is 41.0. The van der Waals surface area contributed by atoms with Gasteiger partial charge in [-0.3, -0.25) is 19.3 Å². The normalized spacial score (nSPS) is 16.5. The van der Waals surface area contributed by atoms with Gasteiger partial charge in [0.05, 0.1) is 22.9 Å². The number of nitrogens with zero attached hydrogens (tertiary/aromatic N) is 2. The van der Waals surface area contributed by atoms with Crippen LogP contribution in [0.1, 0.15) is 56.2 Å². The Hall–Kier alpha value is -3.57. The number of fused-ring (bicyclic) bond motifs is 1. The molecule has 5 rings (SSSR count). The number of carbonyl (C=O) groups excluding carboxylic acids is 3. The summed E-state index contributed by atoms with van der Waals surface area (Å²) in [5, 5.41) is 0.631.